The van der Waals surface area contributed by atoms with Gasteiger partial charge in [0, 0.05) is 16.1 Å². The smallest absolute Gasteiger partial charge is 0.347 e. The van der Waals surface area contributed by atoms with Crippen LogP contribution in [0, 0.1) is 13.8 Å². The van der Waals surface area contributed by atoms with E-state index in [9.17, 15) is 24.6 Å². The number of amides is 1. The number of nitrogens with one attached hydrogen (secondary N) is 1. The van der Waals surface area contributed by atoms with Crippen LogP contribution in [0.1, 0.15) is 47.8 Å². The van der Waals surface area contributed by atoms with Crippen LogP contribution in [-0.4, -0.2) is 41.4 Å². The van der Waals surface area contributed by atoms with Crippen LogP contribution in [0.5, 0.6) is 28.7 Å². The number of hydrogen-bond acceptors (Lipinski definition) is 8. The summed E-state index contributed by atoms with van der Waals surface area (Å²) in [6, 6.07) is 8.63. The number of nitrogens with zero attached hydrogens (tertiary/aromatic N) is 1. The molecular formula is C25H19ClN2O8. The van der Waals surface area contributed by atoms with Crippen LogP contribution >= 0.6 is 11.6 Å². The van der Waals surface area contributed by atoms with Gasteiger partial charge in [-0.25, -0.2) is 15.0 Å². The molecule has 0 aromatic heterocycles. The minimum absolute atomic E-state index is 0.0517. The Morgan fingerprint density at radius 3 is 2.42 bits per heavy atom. The highest BCUT2D eigenvalue weighted by Crippen LogP contribution is 2.48. The molecule has 10 nitrogen and oxygen atoms in total. The normalized spacial score (nSPS) is 12.2. The number of phenols is 1. The van der Waals surface area contributed by atoms with E-state index in [0.717, 1.165) is 6.21 Å². The Labute approximate surface area is 209 Å². The molecule has 184 valence electrons. The Hall–Kier alpha value is -4.57. The van der Waals surface area contributed by atoms with Gasteiger partial charge in [0.1, 0.15) is 22.6 Å². The number of fused-ring (bicyclic) bond motifs is 2. The minimum atomic E-state index is -1.36. The number of ether oxygens (including phenoxy) is 3. The fourth-order valence-electron chi connectivity index (χ4n) is 3.64. The summed E-state index contributed by atoms with van der Waals surface area (Å²) >= 11 is 5.83. The summed E-state index contributed by atoms with van der Waals surface area (Å²) in [6.07, 6.45) is 1.08. The molecule has 0 atom stereocenters. The van der Waals surface area contributed by atoms with Crippen LogP contribution in [-0.2, 0) is 0 Å². The molecule has 0 fully saturated rings. The third-order valence-corrected chi connectivity index (χ3v) is 5.70. The first-order valence-electron chi connectivity index (χ1n) is 10.4. The molecule has 1 aliphatic rings. The number of carboxylic acids is 1. The topological polar surface area (TPSA) is 144 Å². The largest absolute Gasteiger partial charge is 0.507 e. The maximum atomic E-state index is 13.1. The van der Waals surface area contributed by atoms with E-state index in [1.807, 2.05) is 0 Å². The lowest BCUT2D eigenvalue weighted by Crippen LogP contribution is -2.17. The Kier molecular flexibility index (Phi) is 6.54. The van der Waals surface area contributed by atoms with Crippen molar-refractivity contribution in [2.75, 3.05) is 7.11 Å². The number of benzene rings is 3. The van der Waals surface area contributed by atoms with Gasteiger partial charge in [0.2, 0.25) is 0 Å². The molecule has 0 aliphatic carbocycles. The zero-order chi connectivity index (χ0) is 26.1. The van der Waals surface area contributed by atoms with E-state index >= 15 is 0 Å². The average Bonchev–Trinajstić information content (AvgIpc) is 2.98. The summed E-state index contributed by atoms with van der Waals surface area (Å²) < 4.78 is 16.7. The highest BCUT2D eigenvalue weighted by molar-refractivity contribution is 6.30. The van der Waals surface area contributed by atoms with Gasteiger partial charge in [0.15, 0.2) is 17.2 Å². The number of carboxylic acid groups (broad SMARTS) is 1. The quantitative estimate of drug-likeness (QED) is 0.197. The monoisotopic (exact) mass is 510 g/mol. The van der Waals surface area contributed by atoms with Crippen molar-refractivity contribution in [2.24, 2.45) is 5.10 Å². The molecule has 1 amide bonds. The van der Waals surface area contributed by atoms with Crippen molar-refractivity contribution >= 4 is 35.7 Å². The number of carbonyl (C=O) groups is 3. The van der Waals surface area contributed by atoms with Crippen molar-refractivity contribution in [1.82, 2.24) is 5.43 Å². The van der Waals surface area contributed by atoms with E-state index in [-0.39, 0.29) is 51.0 Å². The van der Waals surface area contributed by atoms with Crippen LogP contribution in [0.15, 0.2) is 41.5 Å². The number of carbonyl (C=O) groups excluding carboxylic acids is 2. The molecule has 3 N–H and O–H groups in total. The number of aryl methyl sites for hydroxylation is 1. The summed E-state index contributed by atoms with van der Waals surface area (Å²) in [6.45, 7) is 3.13. The minimum Gasteiger partial charge on any atom is -0.507 e. The van der Waals surface area contributed by atoms with Crippen molar-refractivity contribution in [3.05, 3.63) is 74.8 Å². The summed E-state index contributed by atoms with van der Waals surface area (Å²) in [7, 11) is 1.35. The van der Waals surface area contributed by atoms with Gasteiger partial charge in [-0.05, 0) is 55.8 Å². The van der Waals surface area contributed by atoms with Gasteiger partial charge in [0.25, 0.3) is 5.91 Å². The standard InChI is InChI=1S/C25H19ClN2O8/c1-11-8-17(29)16(10-27-28-23(30)13-4-6-14(26)7-5-13)21-19(11)25(33)36-20-12(2)18(34-3)9-15(24(31)32)22(20)35-21/h4-10,29H,1-3H3,(H,28,30)(H,31,32). The number of hydrazone groups is 1. The van der Waals surface area contributed by atoms with E-state index in [1.54, 1.807) is 26.0 Å². The SMILES string of the molecule is COc1cc(C(=O)O)c2c(c1C)OC(=O)c1c(C)cc(O)c(C=NNC(=O)c3ccc(Cl)cc3)c1O2. The lowest BCUT2D eigenvalue weighted by atomic mass is 10.0. The highest BCUT2D eigenvalue weighted by Gasteiger charge is 2.33. The molecule has 4 rings (SSSR count). The molecule has 1 heterocycles. The second kappa shape index (κ2) is 9.59. The second-order valence-corrected chi connectivity index (χ2v) is 8.18. The summed E-state index contributed by atoms with van der Waals surface area (Å²) in [5, 5.41) is 24.7. The first-order chi connectivity index (χ1) is 17.1. The van der Waals surface area contributed by atoms with Gasteiger partial charge in [-0.15, -0.1) is 0 Å². The van der Waals surface area contributed by atoms with E-state index in [0.29, 0.717) is 16.1 Å². The van der Waals surface area contributed by atoms with Gasteiger partial charge in [0.05, 0.1) is 18.9 Å². The fraction of sp³-hybridized carbons (Fsp3) is 0.120. The number of phenolic OH excluding ortho intramolecular Hbond substituents is 1. The zero-order valence-corrected chi connectivity index (χ0v) is 20.0. The van der Waals surface area contributed by atoms with Crippen LogP contribution in [0.4, 0.5) is 0 Å². The molecule has 0 bridgehead atoms. The summed E-state index contributed by atoms with van der Waals surface area (Å²) in [4.78, 5) is 37.4. The molecule has 0 saturated heterocycles. The Morgan fingerprint density at radius 2 is 1.78 bits per heavy atom. The Balaban J connectivity index is 1.80. The second-order valence-electron chi connectivity index (χ2n) is 7.74. The molecule has 3 aromatic rings. The Bertz CT molecular complexity index is 1450. The fourth-order valence-corrected chi connectivity index (χ4v) is 3.77. The van der Waals surface area contributed by atoms with Crippen LogP contribution < -0.4 is 19.6 Å². The molecule has 1 aliphatic heterocycles. The number of esters is 1. The van der Waals surface area contributed by atoms with E-state index in [2.05, 4.69) is 10.5 Å². The third-order valence-electron chi connectivity index (χ3n) is 5.45. The highest BCUT2D eigenvalue weighted by atomic mass is 35.5. The molecule has 0 saturated carbocycles. The zero-order valence-electron chi connectivity index (χ0n) is 19.2. The van der Waals surface area contributed by atoms with Crippen LogP contribution in [0.25, 0.3) is 0 Å². The molecule has 0 unspecified atom stereocenters. The first kappa shape index (κ1) is 24.6. The number of methoxy groups -OCH3 is 1. The lowest BCUT2D eigenvalue weighted by Gasteiger charge is -2.16. The van der Waals surface area contributed by atoms with Gasteiger partial charge in [-0.3, -0.25) is 4.79 Å². The molecule has 36 heavy (non-hydrogen) atoms. The van der Waals surface area contributed by atoms with E-state index < -0.39 is 17.8 Å². The predicted molar refractivity (Wildman–Crippen MR) is 129 cm³/mol. The number of aromatic hydroxyl groups is 1. The van der Waals surface area contributed by atoms with Crippen LogP contribution in [0.3, 0.4) is 0 Å². The number of aromatic carboxylic acids is 1. The molecule has 0 radical (unpaired) electrons. The predicted octanol–water partition coefficient (Wildman–Crippen LogP) is 4.46. The summed E-state index contributed by atoms with van der Waals surface area (Å²) in [5.74, 6) is -3.47. The van der Waals surface area contributed by atoms with E-state index in [1.165, 1.54) is 31.4 Å². The maximum absolute atomic E-state index is 13.1. The van der Waals surface area contributed by atoms with Crippen molar-refractivity contribution in [2.45, 2.75) is 13.8 Å². The molecule has 11 heteroatoms. The Morgan fingerprint density at radius 1 is 1.08 bits per heavy atom. The number of hydrogen-bond donors (Lipinski definition) is 3. The molecule has 3 aromatic carbocycles. The lowest BCUT2D eigenvalue weighted by molar-refractivity contribution is 0.0685. The van der Waals surface area contributed by atoms with Crippen molar-refractivity contribution < 1.29 is 38.8 Å². The van der Waals surface area contributed by atoms with Crippen molar-refractivity contribution in [3.63, 3.8) is 0 Å². The average molecular weight is 511 g/mol. The van der Waals surface area contributed by atoms with Gasteiger partial charge in [-0.2, -0.15) is 5.10 Å². The molecule has 0 spiro atoms. The van der Waals surface area contributed by atoms with Crippen molar-refractivity contribution in [3.8, 4) is 28.7 Å². The summed E-state index contributed by atoms with van der Waals surface area (Å²) in [5.41, 5.74) is 2.78. The van der Waals surface area contributed by atoms with Gasteiger partial charge >= 0.3 is 11.9 Å². The first-order valence-corrected chi connectivity index (χ1v) is 10.8. The van der Waals surface area contributed by atoms with Crippen molar-refractivity contribution in [1.29, 1.82) is 0 Å². The van der Waals surface area contributed by atoms with Gasteiger partial charge in [-0.1, -0.05) is 11.6 Å². The maximum Gasteiger partial charge on any atom is 0.347 e. The van der Waals surface area contributed by atoms with Crippen LogP contribution in [0.2, 0.25) is 5.02 Å². The van der Waals surface area contributed by atoms with Gasteiger partial charge < -0.3 is 24.4 Å². The molecular weight excluding hydrogens is 492 g/mol. The number of halogens is 1. The van der Waals surface area contributed by atoms with E-state index in [4.69, 9.17) is 25.8 Å². The number of rotatable bonds is 5. The third kappa shape index (κ3) is 4.41.